The first-order valence-electron chi connectivity index (χ1n) is 9.18. The van der Waals surface area contributed by atoms with E-state index in [1.54, 1.807) is 18.2 Å². The van der Waals surface area contributed by atoms with Crippen molar-refractivity contribution in [2.45, 2.75) is 13.0 Å². The zero-order valence-corrected chi connectivity index (χ0v) is 15.5. The van der Waals surface area contributed by atoms with Crippen molar-refractivity contribution in [1.82, 2.24) is 10.2 Å². The third-order valence-electron chi connectivity index (χ3n) is 4.56. The summed E-state index contributed by atoms with van der Waals surface area (Å²) in [6, 6.07) is 16.7. The Morgan fingerprint density at radius 2 is 1.70 bits per heavy atom. The molecule has 0 aliphatic carbocycles. The van der Waals surface area contributed by atoms with Crippen molar-refractivity contribution >= 4 is 17.5 Å². The molecule has 0 radical (unpaired) electrons. The number of para-hydroxylation sites is 1. The molecule has 1 saturated heterocycles. The van der Waals surface area contributed by atoms with Crippen molar-refractivity contribution in [2.75, 3.05) is 38.2 Å². The highest BCUT2D eigenvalue weighted by atomic mass is 16.5. The highest BCUT2D eigenvalue weighted by molar-refractivity contribution is 6.04. The summed E-state index contributed by atoms with van der Waals surface area (Å²) >= 11 is 0. The first kappa shape index (κ1) is 19.1. The van der Waals surface area contributed by atoms with Gasteiger partial charge in [-0.05, 0) is 24.6 Å². The normalized spacial score (nSPS) is 15.7. The maximum absolute atomic E-state index is 12.7. The molecule has 1 aliphatic heterocycles. The van der Waals surface area contributed by atoms with Crippen molar-refractivity contribution in [1.29, 1.82) is 0 Å². The molecule has 2 N–H and O–H groups in total. The monoisotopic (exact) mass is 367 g/mol. The van der Waals surface area contributed by atoms with Crippen molar-refractivity contribution in [3.05, 3.63) is 65.7 Å². The van der Waals surface area contributed by atoms with E-state index in [-0.39, 0.29) is 17.9 Å². The lowest BCUT2D eigenvalue weighted by molar-refractivity contribution is -0.118. The molecule has 1 aliphatic rings. The minimum atomic E-state index is -0.214. The molecule has 2 aromatic rings. The van der Waals surface area contributed by atoms with Crippen LogP contribution in [0.2, 0.25) is 0 Å². The summed E-state index contributed by atoms with van der Waals surface area (Å²) in [4.78, 5) is 27.1. The van der Waals surface area contributed by atoms with Gasteiger partial charge in [-0.3, -0.25) is 14.5 Å². The van der Waals surface area contributed by atoms with E-state index in [1.807, 2.05) is 48.2 Å². The van der Waals surface area contributed by atoms with Crippen LogP contribution in [0.5, 0.6) is 0 Å². The highest BCUT2D eigenvalue weighted by Crippen LogP contribution is 2.18. The van der Waals surface area contributed by atoms with Crippen LogP contribution in [0.3, 0.4) is 0 Å². The molecule has 142 valence electrons. The van der Waals surface area contributed by atoms with Gasteiger partial charge < -0.3 is 15.4 Å². The molecule has 3 rings (SSSR count). The molecule has 2 amide bonds. The predicted octanol–water partition coefficient (Wildman–Crippen LogP) is 2.45. The van der Waals surface area contributed by atoms with Gasteiger partial charge in [-0.1, -0.05) is 42.5 Å². The molecule has 1 heterocycles. The summed E-state index contributed by atoms with van der Waals surface area (Å²) in [5.41, 5.74) is 2.00. The zero-order valence-electron chi connectivity index (χ0n) is 15.5. The molecule has 0 spiro atoms. The number of hydrogen-bond donors (Lipinski definition) is 2. The molecular weight excluding hydrogens is 342 g/mol. The van der Waals surface area contributed by atoms with E-state index in [0.29, 0.717) is 31.0 Å². The number of morpholine rings is 1. The van der Waals surface area contributed by atoms with Gasteiger partial charge in [0, 0.05) is 13.1 Å². The summed E-state index contributed by atoms with van der Waals surface area (Å²) in [7, 11) is 0. The Balaban J connectivity index is 1.64. The second-order valence-corrected chi connectivity index (χ2v) is 6.59. The predicted molar refractivity (Wildman–Crippen MR) is 105 cm³/mol. The molecule has 1 unspecified atom stereocenters. The molecule has 27 heavy (non-hydrogen) atoms. The van der Waals surface area contributed by atoms with E-state index in [4.69, 9.17) is 4.74 Å². The van der Waals surface area contributed by atoms with Crippen molar-refractivity contribution in [2.24, 2.45) is 0 Å². The van der Waals surface area contributed by atoms with Gasteiger partial charge >= 0.3 is 0 Å². The largest absolute Gasteiger partial charge is 0.379 e. The number of amides is 2. The number of benzene rings is 2. The van der Waals surface area contributed by atoms with Crippen LogP contribution in [0.15, 0.2) is 54.6 Å². The lowest BCUT2D eigenvalue weighted by atomic mass is 10.1. The summed E-state index contributed by atoms with van der Waals surface area (Å²) in [6.45, 7) is 4.99. The van der Waals surface area contributed by atoms with Crippen LogP contribution in [-0.2, 0) is 9.53 Å². The van der Waals surface area contributed by atoms with Crippen molar-refractivity contribution < 1.29 is 14.3 Å². The average molecular weight is 367 g/mol. The molecule has 6 heteroatoms. The fraction of sp³-hybridized carbons (Fsp3) is 0.333. The summed E-state index contributed by atoms with van der Waals surface area (Å²) in [5.74, 6) is -0.345. The Kier molecular flexibility index (Phi) is 6.57. The summed E-state index contributed by atoms with van der Waals surface area (Å²) in [6.07, 6.45) is 0. The zero-order chi connectivity index (χ0) is 19.1. The third kappa shape index (κ3) is 5.39. The molecule has 0 bridgehead atoms. The Morgan fingerprint density at radius 1 is 1.04 bits per heavy atom. The second-order valence-electron chi connectivity index (χ2n) is 6.59. The number of nitrogens with one attached hydrogen (secondary N) is 2. The van der Waals surface area contributed by atoms with E-state index in [0.717, 1.165) is 18.7 Å². The fourth-order valence-electron chi connectivity index (χ4n) is 3.04. The van der Waals surface area contributed by atoms with Gasteiger partial charge in [0.25, 0.3) is 5.91 Å². The van der Waals surface area contributed by atoms with E-state index in [9.17, 15) is 9.59 Å². The van der Waals surface area contributed by atoms with Gasteiger partial charge in [-0.25, -0.2) is 0 Å². The number of hydrogen-bond acceptors (Lipinski definition) is 4. The van der Waals surface area contributed by atoms with Crippen LogP contribution in [0, 0.1) is 0 Å². The Bertz CT molecular complexity index is 773. The van der Waals surface area contributed by atoms with Crippen LogP contribution < -0.4 is 10.6 Å². The SMILES string of the molecule is CC(NC(=O)c1ccccc1NC(=O)CN1CCOCC1)c1ccccc1. The Morgan fingerprint density at radius 3 is 2.44 bits per heavy atom. The molecule has 2 aromatic carbocycles. The number of carbonyl (C=O) groups is 2. The van der Waals surface area contributed by atoms with Gasteiger partial charge in [0.15, 0.2) is 0 Å². The lowest BCUT2D eigenvalue weighted by Crippen LogP contribution is -2.41. The standard InChI is InChI=1S/C21H25N3O3/c1-16(17-7-3-2-4-8-17)22-21(26)18-9-5-6-10-19(18)23-20(25)15-24-11-13-27-14-12-24/h2-10,16H,11-15H2,1H3,(H,22,26)(H,23,25). The maximum Gasteiger partial charge on any atom is 0.253 e. The highest BCUT2D eigenvalue weighted by Gasteiger charge is 2.18. The first-order chi connectivity index (χ1) is 13.1. The Hall–Kier alpha value is -2.70. The lowest BCUT2D eigenvalue weighted by Gasteiger charge is -2.26. The van der Waals surface area contributed by atoms with Crippen LogP contribution in [0.25, 0.3) is 0 Å². The molecule has 1 fully saturated rings. The number of rotatable bonds is 6. The van der Waals surface area contributed by atoms with Crippen LogP contribution in [-0.4, -0.2) is 49.6 Å². The van der Waals surface area contributed by atoms with E-state index >= 15 is 0 Å². The smallest absolute Gasteiger partial charge is 0.253 e. The average Bonchev–Trinajstić information content (AvgIpc) is 2.69. The fourth-order valence-corrected chi connectivity index (χ4v) is 3.04. The second kappa shape index (κ2) is 9.30. The van der Waals surface area contributed by atoms with Crippen molar-refractivity contribution in [3.63, 3.8) is 0 Å². The van der Waals surface area contributed by atoms with E-state index < -0.39 is 0 Å². The van der Waals surface area contributed by atoms with Crippen LogP contribution in [0.1, 0.15) is 28.9 Å². The van der Waals surface area contributed by atoms with Gasteiger partial charge in [-0.15, -0.1) is 0 Å². The molecule has 0 aromatic heterocycles. The molecule has 6 nitrogen and oxygen atoms in total. The van der Waals surface area contributed by atoms with Crippen molar-refractivity contribution in [3.8, 4) is 0 Å². The number of ether oxygens (including phenoxy) is 1. The van der Waals surface area contributed by atoms with Crippen LogP contribution >= 0.6 is 0 Å². The number of nitrogens with zero attached hydrogens (tertiary/aromatic N) is 1. The van der Waals surface area contributed by atoms with Gasteiger partial charge in [0.05, 0.1) is 37.1 Å². The minimum Gasteiger partial charge on any atom is -0.379 e. The topological polar surface area (TPSA) is 70.7 Å². The van der Waals surface area contributed by atoms with Gasteiger partial charge in [-0.2, -0.15) is 0 Å². The van der Waals surface area contributed by atoms with E-state index in [1.165, 1.54) is 0 Å². The quantitative estimate of drug-likeness (QED) is 0.823. The number of carbonyl (C=O) groups excluding carboxylic acids is 2. The maximum atomic E-state index is 12.7. The third-order valence-corrected chi connectivity index (χ3v) is 4.56. The summed E-state index contributed by atoms with van der Waals surface area (Å²) in [5, 5.41) is 5.86. The molecule has 0 saturated carbocycles. The number of anilines is 1. The van der Waals surface area contributed by atoms with Gasteiger partial charge in [0.2, 0.25) is 5.91 Å². The summed E-state index contributed by atoms with van der Waals surface area (Å²) < 4.78 is 5.30. The Labute approximate surface area is 159 Å². The van der Waals surface area contributed by atoms with Gasteiger partial charge in [0.1, 0.15) is 0 Å². The minimum absolute atomic E-state index is 0.129. The molecule has 1 atom stereocenters. The van der Waals surface area contributed by atoms with E-state index in [2.05, 4.69) is 10.6 Å². The molecular formula is C21H25N3O3. The first-order valence-corrected chi connectivity index (χ1v) is 9.18. The van der Waals surface area contributed by atoms with Crippen LogP contribution in [0.4, 0.5) is 5.69 Å².